The molecule has 29 heavy (non-hydrogen) atoms. The molecule has 2 aromatic carbocycles. The second-order valence-corrected chi connectivity index (χ2v) is 7.36. The highest BCUT2D eigenvalue weighted by atomic mass is 32.1. The van der Waals surface area contributed by atoms with E-state index in [1.54, 1.807) is 36.4 Å². The Hall–Kier alpha value is -3.58. The van der Waals surface area contributed by atoms with Crippen LogP contribution in [0, 0.1) is 5.82 Å². The molecule has 0 saturated carbocycles. The van der Waals surface area contributed by atoms with Crippen LogP contribution in [-0.4, -0.2) is 16.3 Å². The Labute approximate surface area is 169 Å². The minimum absolute atomic E-state index is 0.0810. The molecule has 4 aromatic rings. The molecule has 7 heteroatoms. The van der Waals surface area contributed by atoms with Crippen molar-refractivity contribution in [2.24, 2.45) is 0 Å². The summed E-state index contributed by atoms with van der Waals surface area (Å²) < 4.78 is 15.7. The fraction of sp³-hybridized carbons (Fsp3) is 0.0455. The van der Waals surface area contributed by atoms with Gasteiger partial charge in [-0.3, -0.25) is 19.0 Å². The maximum Gasteiger partial charge on any atom is 0.256 e. The van der Waals surface area contributed by atoms with Gasteiger partial charge in [-0.15, -0.1) is 0 Å². The Kier molecular flexibility index (Phi) is 4.82. The second-order valence-electron chi connectivity index (χ2n) is 6.36. The number of benzene rings is 2. The van der Waals surface area contributed by atoms with E-state index in [1.807, 2.05) is 0 Å². The van der Waals surface area contributed by atoms with Gasteiger partial charge in [0.25, 0.3) is 5.56 Å². The third-order valence-corrected chi connectivity index (χ3v) is 5.49. The van der Waals surface area contributed by atoms with Crippen molar-refractivity contribution in [1.82, 2.24) is 4.57 Å². The van der Waals surface area contributed by atoms with Crippen LogP contribution in [0.3, 0.4) is 0 Å². The predicted octanol–water partition coefficient (Wildman–Crippen LogP) is 4.38. The van der Waals surface area contributed by atoms with Crippen LogP contribution in [0.4, 0.5) is 9.39 Å². The molecule has 0 bridgehead atoms. The van der Waals surface area contributed by atoms with Crippen LogP contribution in [0.2, 0.25) is 0 Å². The summed E-state index contributed by atoms with van der Waals surface area (Å²) in [4.78, 5) is 37.9. The van der Waals surface area contributed by atoms with Gasteiger partial charge in [-0.05, 0) is 18.2 Å². The summed E-state index contributed by atoms with van der Waals surface area (Å²) in [6.07, 6.45) is 0. The molecule has 2 heterocycles. The molecule has 0 radical (unpaired) electrons. The van der Waals surface area contributed by atoms with Gasteiger partial charge in [0.15, 0.2) is 5.78 Å². The fourth-order valence-electron chi connectivity index (χ4n) is 3.15. The summed E-state index contributed by atoms with van der Waals surface area (Å²) >= 11 is 1.06. The van der Waals surface area contributed by atoms with E-state index in [-0.39, 0.29) is 22.9 Å². The number of amides is 1. The number of carbonyl (C=O) groups excluding carboxylic acids is 2. The molecule has 0 aliphatic heterocycles. The first kappa shape index (κ1) is 18.8. The number of anilines is 1. The Morgan fingerprint density at radius 3 is 2.34 bits per heavy atom. The minimum atomic E-state index is -0.562. The first-order valence-corrected chi connectivity index (χ1v) is 9.60. The minimum Gasteiger partial charge on any atom is -0.317 e. The van der Waals surface area contributed by atoms with Crippen LogP contribution in [0.25, 0.3) is 15.9 Å². The molecule has 0 saturated heterocycles. The average molecular weight is 406 g/mol. The normalized spacial score (nSPS) is 10.8. The number of rotatable bonds is 4. The monoisotopic (exact) mass is 406 g/mol. The second kappa shape index (κ2) is 7.44. The Morgan fingerprint density at radius 1 is 0.966 bits per heavy atom. The van der Waals surface area contributed by atoms with E-state index in [2.05, 4.69) is 5.32 Å². The van der Waals surface area contributed by atoms with Gasteiger partial charge in [-0.1, -0.05) is 53.8 Å². The molecule has 0 fully saturated rings. The predicted molar refractivity (Wildman–Crippen MR) is 112 cm³/mol. The van der Waals surface area contributed by atoms with Crippen LogP contribution in [0.1, 0.15) is 22.8 Å². The third-order valence-electron chi connectivity index (χ3n) is 4.39. The molecule has 0 aliphatic carbocycles. The van der Waals surface area contributed by atoms with E-state index >= 15 is 0 Å². The van der Waals surface area contributed by atoms with Gasteiger partial charge in [-0.2, -0.15) is 0 Å². The summed E-state index contributed by atoms with van der Waals surface area (Å²) in [5.41, 5.74) is 0.369. The first-order valence-electron chi connectivity index (χ1n) is 8.78. The molecule has 2 aromatic heterocycles. The van der Waals surface area contributed by atoms with Gasteiger partial charge in [0.1, 0.15) is 15.6 Å². The number of para-hydroxylation sites is 1. The molecule has 1 N–H and O–H groups in total. The number of pyridine rings is 1. The number of halogens is 1. The van der Waals surface area contributed by atoms with Crippen molar-refractivity contribution in [2.75, 3.05) is 5.32 Å². The Balaban J connectivity index is 2.05. The lowest BCUT2D eigenvalue weighted by Crippen LogP contribution is -2.17. The van der Waals surface area contributed by atoms with Crippen LogP contribution >= 0.6 is 11.3 Å². The maximum absolute atomic E-state index is 14.4. The van der Waals surface area contributed by atoms with Gasteiger partial charge >= 0.3 is 0 Å². The smallest absolute Gasteiger partial charge is 0.256 e. The van der Waals surface area contributed by atoms with E-state index in [9.17, 15) is 18.8 Å². The SMILES string of the molecule is CC(=O)Nc1sc2c(ccc(=O)n2-c2ccccc2F)c1C(=O)c1ccccc1. The lowest BCUT2D eigenvalue weighted by atomic mass is 10.0. The lowest BCUT2D eigenvalue weighted by Gasteiger charge is -2.08. The number of carbonyl (C=O) groups is 2. The quantitative estimate of drug-likeness (QED) is 0.512. The average Bonchev–Trinajstić information content (AvgIpc) is 3.06. The highest BCUT2D eigenvalue weighted by Gasteiger charge is 2.24. The van der Waals surface area contributed by atoms with Crippen molar-refractivity contribution in [1.29, 1.82) is 0 Å². The number of hydrogen-bond donors (Lipinski definition) is 1. The summed E-state index contributed by atoms with van der Waals surface area (Å²) in [7, 11) is 0. The number of thiophene rings is 1. The fourth-order valence-corrected chi connectivity index (χ4v) is 4.40. The van der Waals surface area contributed by atoms with E-state index in [1.165, 1.54) is 41.8 Å². The van der Waals surface area contributed by atoms with Crippen molar-refractivity contribution in [3.63, 3.8) is 0 Å². The van der Waals surface area contributed by atoms with E-state index in [0.29, 0.717) is 20.8 Å². The first-order chi connectivity index (χ1) is 14.0. The molecule has 5 nitrogen and oxygen atoms in total. The number of aromatic nitrogens is 1. The van der Waals surface area contributed by atoms with Gasteiger partial charge in [-0.25, -0.2) is 4.39 Å². The van der Waals surface area contributed by atoms with Gasteiger partial charge in [0.2, 0.25) is 5.91 Å². The molecule has 144 valence electrons. The zero-order valence-electron chi connectivity index (χ0n) is 15.3. The van der Waals surface area contributed by atoms with Gasteiger partial charge in [0.05, 0.1) is 11.3 Å². The molecule has 0 unspecified atom stereocenters. The van der Waals surface area contributed by atoms with E-state index < -0.39 is 11.4 Å². The molecule has 0 atom stereocenters. The molecular formula is C22H15FN2O3S. The van der Waals surface area contributed by atoms with Gasteiger partial charge < -0.3 is 5.32 Å². The van der Waals surface area contributed by atoms with Crippen molar-refractivity contribution in [2.45, 2.75) is 6.92 Å². The summed E-state index contributed by atoms with van der Waals surface area (Å²) in [6.45, 7) is 1.34. The topological polar surface area (TPSA) is 68.2 Å². The van der Waals surface area contributed by atoms with Crippen LogP contribution < -0.4 is 10.9 Å². The summed E-state index contributed by atoms with van der Waals surface area (Å²) in [6, 6.07) is 17.4. The number of fused-ring (bicyclic) bond motifs is 1. The third kappa shape index (κ3) is 3.36. The molecule has 0 aliphatic rings. The van der Waals surface area contributed by atoms with Crippen molar-refractivity contribution < 1.29 is 14.0 Å². The molecule has 4 rings (SSSR count). The van der Waals surface area contributed by atoms with Crippen molar-refractivity contribution in [3.8, 4) is 5.69 Å². The Morgan fingerprint density at radius 2 is 1.66 bits per heavy atom. The standard InChI is InChI=1S/C22H15FN2O3S/c1-13(26)24-21-19(20(28)14-7-3-2-4-8-14)15-11-12-18(27)25(22(15)29-21)17-10-6-5-9-16(17)23/h2-12H,1H3,(H,24,26). The zero-order valence-corrected chi connectivity index (χ0v) is 16.1. The van der Waals surface area contributed by atoms with E-state index in [4.69, 9.17) is 0 Å². The molecular weight excluding hydrogens is 391 g/mol. The lowest BCUT2D eigenvalue weighted by molar-refractivity contribution is -0.114. The summed E-state index contributed by atoms with van der Waals surface area (Å²) in [5, 5.41) is 3.46. The van der Waals surface area contributed by atoms with Crippen LogP contribution in [0.15, 0.2) is 71.5 Å². The van der Waals surface area contributed by atoms with Crippen LogP contribution in [-0.2, 0) is 4.79 Å². The number of nitrogens with one attached hydrogen (secondary N) is 1. The number of hydrogen-bond acceptors (Lipinski definition) is 4. The van der Waals surface area contributed by atoms with Crippen molar-refractivity contribution >= 4 is 38.2 Å². The number of ketones is 1. The highest BCUT2D eigenvalue weighted by molar-refractivity contribution is 7.23. The maximum atomic E-state index is 14.4. The van der Waals surface area contributed by atoms with E-state index in [0.717, 1.165) is 11.3 Å². The largest absolute Gasteiger partial charge is 0.317 e. The number of nitrogens with zero attached hydrogens (tertiary/aromatic N) is 1. The zero-order chi connectivity index (χ0) is 20.5. The molecule has 1 amide bonds. The van der Waals surface area contributed by atoms with Crippen LogP contribution in [0.5, 0.6) is 0 Å². The van der Waals surface area contributed by atoms with Gasteiger partial charge in [0, 0.05) is 23.9 Å². The Bertz CT molecular complexity index is 1310. The summed E-state index contributed by atoms with van der Waals surface area (Å²) in [5.74, 6) is -1.20. The highest BCUT2D eigenvalue weighted by Crippen LogP contribution is 2.37. The molecule has 0 spiro atoms. The van der Waals surface area contributed by atoms with Crippen molar-refractivity contribution in [3.05, 3.63) is 94.0 Å².